The van der Waals surface area contributed by atoms with Gasteiger partial charge in [0.2, 0.25) is 0 Å². The molecule has 0 saturated carbocycles. The number of carbonyl (C=O) groups excluding carboxylic acids is 1. The van der Waals surface area contributed by atoms with Gasteiger partial charge >= 0.3 is 12.1 Å². The monoisotopic (exact) mass is 244 g/mol. The quantitative estimate of drug-likeness (QED) is 0.785. The van der Waals surface area contributed by atoms with Crippen molar-refractivity contribution in [2.45, 2.75) is 25.8 Å². The SMILES string of the molecule is CCOC(=O)N1CCC(N(C)CC(=O)O)CC1. The minimum absolute atomic E-state index is 0.0457. The van der Waals surface area contributed by atoms with Gasteiger partial charge in [0.25, 0.3) is 0 Å². The van der Waals surface area contributed by atoms with E-state index in [9.17, 15) is 9.59 Å². The van der Waals surface area contributed by atoms with Crippen LogP contribution in [0.2, 0.25) is 0 Å². The summed E-state index contributed by atoms with van der Waals surface area (Å²) in [6.07, 6.45) is 1.32. The standard InChI is InChI=1S/C11H20N2O4/c1-3-17-11(16)13-6-4-9(5-7-13)12(2)8-10(14)15/h9H,3-8H2,1-2H3,(H,14,15). The number of aliphatic carboxylic acids is 1. The Hall–Kier alpha value is -1.30. The number of carbonyl (C=O) groups is 2. The number of carboxylic acids is 1. The van der Waals surface area contributed by atoms with E-state index in [1.807, 2.05) is 4.90 Å². The molecule has 1 N–H and O–H groups in total. The van der Waals surface area contributed by atoms with Gasteiger partial charge in [-0.25, -0.2) is 4.79 Å². The Morgan fingerprint density at radius 1 is 1.41 bits per heavy atom. The molecule has 0 aliphatic carbocycles. The van der Waals surface area contributed by atoms with E-state index < -0.39 is 5.97 Å². The van der Waals surface area contributed by atoms with Crippen molar-refractivity contribution in [2.24, 2.45) is 0 Å². The predicted octanol–water partition coefficient (Wildman–Crippen LogP) is 0.624. The summed E-state index contributed by atoms with van der Waals surface area (Å²) < 4.78 is 4.92. The minimum atomic E-state index is -0.819. The van der Waals surface area contributed by atoms with Gasteiger partial charge in [-0.15, -0.1) is 0 Å². The Bertz CT molecular complexity index is 275. The number of nitrogens with zero attached hydrogens (tertiary/aromatic N) is 2. The lowest BCUT2D eigenvalue weighted by molar-refractivity contribution is -0.138. The number of piperidine rings is 1. The maximum Gasteiger partial charge on any atom is 0.409 e. The van der Waals surface area contributed by atoms with E-state index in [1.165, 1.54) is 0 Å². The first-order valence-corrected chi connectivity index (χ1v) is 5.88. The van der Waals surface area contributed by atoms with E-state index >= 15 is 0 Å². The lowest BCUT2D eigenvalue weighted by Crippen LogP contribution is -2.46. The number of rotatable bonds is 4. The van der Waals surface area contributed by atoms with Crippen LogP contribution >= 0.6 is 0 Å². The van der Waals surface area contributed by atoms with Gasteiger partial charge in [0, 0.05) is 19.1 Å². The maximum atomic E-state index is 11.4. The van der Waals surface area contributed by atoms with E-state index in [0.29, 0.717) is 19.7 Å². The number of ether oxygens (including phenoxy) is 1. The average molecular weight is 244 g/mol. The molecule has 0 aromatic rings. The third-order valence-electron chi connectivity index (χ3n) is 3.00. The van der Waals surface area contributed by atoms with E-state index in [4.69, 9.17) is 9.84 Å². The molecule has 17 heavy (non-hydrogen) atoms. The fourth-order valence-electron chi connectivity index (χ4n) is 2.05. The van der Waals surface area contributed by atoms with Gasteiger partial charge in [0.15, 0.2) is 0 Å². The van der Waals surface area contributed by atoms with Crippen LogP contribution in [0.3, 0.4) is 0 Å². The molecule has 1 aliphatic rings. The van der Waals surface area contributed by atoms with Crippen molar-refractivity contribution in [1.29, 1.82) is 0 Å². The van der Waals surface area contributed by atoms with Crippen molar-refractivity contribution < 1.29 is 19.4 Å². The molecular formula is C11H20N2O4. The molecule has 0 bridgehead atoms. The largest absolute Gasteiger partial charge is 0.480 e. The van der Waals surface area contributed by atoms with Gasteiger partial charge in [-0.3, -0.25) is 9.69 Å². The van der Waals surface area contributed by atoms with Crippen molar-refractivity contribution in [3.8, 4) is 0 Å². The van der Waals surface area contributed by atoms with E-state index in [2.05, 4.69) is 0 Å². The maximum absolute atomic E-state index is 11.4. The number of carboxylic acid groups (broad SMARTS) is 1. The first-order chi connectivity index (χ1) is 8.04. The molecule has 1 saturated heterocycles. The van der Waals surface area contributed by atoms with Gasteiger partial charge in [-0.2, -0.15) is 0 Å². The lowest BCUT2D eigenvalue weighted by Gasteiger charge is -2.35. The summed E-state index contributed by atoms with van der Waals surface area (Å²) >= 11 is 0. The summed E-state index contributed by atoms with van der Waals surface area (Å²) in [5, 5.41) is 8.70. The number of hydrogen-bond acceptors (Lipinski definition) is 4. The average Bonchev–Trinajstić information content (AvgIpc) is 2.28. The van der Waals surface area contributed by atoms with Crippen LogP contribution in [-0.2, 0) is 9.53 Å². The molecule has 0 aromatic heterocycles. The number of amides is 1. The normalized spacial score (nSPS) is 17.2. The predicted molar refractivity (Wildman–Crippen MR) is 61.9 cm³/mol. The first-order valence-electron chi connectivity index (χ1n) is 5.88. The molecule has 1 heterocycles. The Morgan fingerprint density at radius 3 is 2.47 bits per heavy atom. The van der Waals surface area contributed by atoms with E-state index in [1.54, 1.807) is 18.9 Å². The highest BCUT2D eigenvalue weighted by Crippen LogP contribution is 2.15. The number of likely N-dealkylation sites (tertiary alicyclic amines) is 1. The zero-order valence-electron chi connectivity index (χ0n) is 10.4. The van der Waals surface area contributed by atoms with Crippen molar-refractivity contribution in [3.63, 3.8) is 0 Å². The molecule has 98 valence electrons. The highest BCUT2D eigenvalue weighted by atomic mass is 16.6. The van der Waals surface area contributed by atoms with E-state index in [0.717, 1.165) is 12.8 Å². The second kappa shape index (κ2) is 6.44. The molecule has 6 nitrogen and oxygen atoms in total. The van der Waals surface area contributed by atoms with Crippen LogP contribution in [0.1, 0.15) is 19.8 Å². The summed E-state index contributed by atoms with van der Waals surface area (Å²) in [4.78, 5) is 25.5. The van der Waals surface area contributed by atoms with Gasteiger partial charge in [0.1, 0.15) is 0 Å². The lowest BCUT2D eigenvalue weighted by atomic mass is 10.0. The van der Waals surface area contributed by atoms with Gasteiger partial charge in [0.05, 0.1) is 13.2 Å². The second-order valence-corrected chi connectivity index (χ2v) is 4.23. The van der Waals surface area contributed by atoms with Gasteiger partial charge in [-0.05, 0) is 26.8 Å². The molecular weight excluding hydrogens is 224 g/mol. The van der Waals surface area contributed by atoms with Crippen LogP contribution in [0.25, 0.3) is 0 Å². The minimum Gasteiger partial charge on any atom is -0.480 e. The molecule has 1 amide bonds. The molecule has 6 heteroatoms. The topological polar surface area (TPSA) is 70.1 Å². The van der Waals surface area contributed by atoms with Crippen molar-refractivity contribution in [2.75, 3.05) is 33.3 Å². The molecule has 1 aliphatic heterocycles. The zero-order chi connectivity index (χ0) is 12.8. The van der Waals surface area contributed by atoms with Gasteiger partial charge < -0.3 is 14.7 Å². The molecule has 0 spiro atoms. The fraction of sp³-hybridized carbons (Fsp3) is 0.818. The zero-order valence-corrected chi connectivity index (χ0v) is 10.4. The Labute approximate surface area is 101 Å². The van der Waals surface area contributed by atoms with Crippen molar-refractivity contribution in [3.05, 3.63) is 0 Å². The summed E-state index contributed by atoms with van der Waals surface area (Å²) in [5.41, 5.74) is 0. The smallest absolute Gasteiger partial charge is 0.409 e. The van der Waals surface area contributed by atoms with Crippen LogP contribution < -0.4 is 0 Å². The van der Waals surface area contributed by atoms with Gasteiger partial charge in [-0.1, -0.05) is 0 Å². The number of hydrogen-bond donors (Lipinski definition) is 1. The Balaban J connectivity index is 2.34. The van der Waals surface area contributed by atoms with Crippen LogP contribution in [0, 0.1) is 0 Å². The summed E-state index contributed by atoms with van der Waals surface area (Å²) in [5.74, 6) is -0.819. The second-order valence-electron chi connectivity index (χ2n) is 4.23. The summed E-state index contributed by atoms with van der Waals surface area (Å²) in [7, 11) is 1.80. The van der Waals surface area contributed by atoms with Crippen LogP contribution in [0.4, 0.5) is 4.79 Å². The fourth-order valence-corrected chi connectivity index (χ4v) is 2.05. The molecule has 0 aromatic carbocycles. The number of likely N-dealkylation sites (N-methyl/N-ethyl adjacent to an activating group) is 1. The molecule has 0 unspecified atom stereocenters. The van der Waals surface area contributed by atoms with Crippen molar-refractivity contribution >= 4 is 12.1 Å². The molecule has 1 rings (SSSR count). The Kier molecular flexibility index (Phi) is 5.21. The van der Waals surface area contributed by atoms with E-state index in [-0.39, 0.29) is 18.7 Å². The highest BCUT2D eigenvalue weighted by molar-refractivity contribution is 5.69. The molecule has 0 radical (unpaired) electrons. The third kappa shape index (κ3) is 4.22. The Morgan fingerprint density at radius 2 is 2.00 bits per heavy atom. The molecule has 0 atom stereocenters. The third-order valence-corrected chi connectivity index (χ3v) is 3.00. The van der Waals surface area contributed by atoms with Crippen LogP contribution in [0.15, 0.2) is 0 Å². The van der Waals surface area contributed by atoms with Crippen LogP contribution in [0.5, 0.6) is 0 Å². The molecule has 1 fully saturated rings. The first kappa shape index (κ1) is 13.8. The summed E-state index contributed by atoms with van der Waals surface area (Å²) in [6, 6.07) is 0.233. The summed E-state index contributed by atoms with van der Waals surface area (Å²) in [6.45, 7) is 3.48. The van der Waals surface area contributed by atoms with Crippen molar-refractivity contribution in [1.82, 2.24) is 9.80 Å². The highest BCUT2D eigenvalue weighted by Gasteiger charge is 2.26. The van der Waals surface area contributed by atoms with Crippen LogP contribution in [-0.4, -0.2) is 66.3 Å².